The molecule has 2 aromatic heterocycles. The lowest BCUT2D eigenvalue weighted by molar-refractivity contribution is 0.102. The molecule has 4 rings (SSSR count). The molecule has 0 fully saturated rings. The molecule has 0 radical (unpaired) electrons. The van der Waals surface area contributed by atoms with E-state index >= 15 is 0 Å². The van der Waals surface area contributed by atoms with Gasteiger partial charge in [0.1, 0.15) is 6.26 Å². The smallest absolute Gasteiger partial charge is 0.276 e. The maximum absolute atomic E-state index is 12.7. The topological polar surface area (TPSA) is 95.8 Å². The number of hydrogen-bond donors (Lipinski definition) is 3. The minimum atomic E-state index is -0.218. The second-order valence-electron chi connectivity index (χ2n) is 6.23. The van der Waals surface area contributed by atoms with Crippen LogP contribution >= 0.6 is 0 Å². The maximum Gasteiger partial charge on any atom is 0.276 e. The van der Waals surface area contributed by atoms with Gasteiger partial charge in [0.25, 0.3) is 5.91 Å². The van der Waals surface area contributed by atoms with Gasteiger partial charge in [-0.2, -0.15) is 5.10 Å². The fourth-order valence-corrected chi connectivity index (χ4v) is 2.97. The zero-order valence-corrected chi connectivity index (χ0v) is 14.1. The molecule has 0 unspecified atom stereocenters. The van der Waals surface area contributed by atoms with Crippen molar-refractivity contribution in [3.8, 4) is 11.5 Å². The molecule has 1 aromatic carbocycles. The highest BCUT2D eigenvalue weighted by Gasteiger charge is 2.22. The Bertz CT molecular complexity index is 941. The molecule has 0 saturated heterocycles. The quantitative estimate of drug-likeness (QED) is 0.683. The van der Waals surface area contributed by atoms with Crippen molar-refractivity contribution >= 4 is 11.6 Å². The number of aromatic nitrogens is 3. The van der Waals surface area contributed by atoms with Gasteiger partial charge in [0.15, 0.2) is 5.69 Å². The van der Waals surface area contributed by atoms with Crippen molar-refractivity contribution in [2.24, 2.45) is 0 Å². The molecule has 0 aliphatic carbocycles. The zero-order valence-electron chi connectivity index (χ0n) is 14.1. The van der Waals surface area contributed by atoms with Crippen molar-refractivity contribution in [1.82, 2.24) is 20.5 Å². The predicted molar refractivity (Wildman–Crippen MR) is 93.4 cm³/mol. The van der Waals surface area contributed by atoms with E-state index < -0.39 is 0 Å². The van der Waals surface area contributed by atoms with Crippen molar-refractivity contribution in [1.29, 1.82) is 0 Å². The molecule has 7 nitrogen and oxygen atoms in total. The fourth-order valence-electron chi connectivity index (χ4n) is 2.97. The number of carbonyl (C=O) groups is 1. The van der Waals surface area contributed by atoms with E-state index in [1.807, 2.05) is 32.0 Å². The Labute approximate surface area is 144 Å². The number of carbonyl (C=O) groups excluding carboxylic acids is 1. The van der Waals surface area contributed by atoms with Crippen LogP contribution in [0.15, 0.2) is 28.9 Å². The van der Waals surface area contributed by atoms with E-state index in [1.165, 1.54) is 0 Å². The largest absolute Gasteiger partial charge is 0.444 e. The van der Waals surface area contributed by atoms with E-state index in [9.17, 15) is 4.79 Å². The van der Waals surface area contributed by atoms with Crippen LogP contribution in [0.1, 0.15) is 33.0 Å². The van der Waals surface area contributed by atoms with Crippen LogP contribution in [-0.4, -0.2) is 27.6 Å². The van der Waals surface area contributed by atoms with Crippen LogP contribution in [0.25, 0.3) is 11.5 Å². The molecule has 0 spiro atoms. The summed E-state index contributed by atoms with van der Waals surface area (Å²) in [4.78, 5) is 17.0. The molecule has 7 heteroatoms. The maximum atomic E-state index is 12.7. The van der Waals surface area contributed by atoms with Gasteiger partial charge in [-0.05, 0) is 31.5 Å². The number of fused-ring (bicyclic) bond motifs is 1. The molecule has 1 aliphatic heterocycles. The van der Waals surface area contributed by atoms with E-state index in [-0.39, 0.29) is 5.91 Å². The number of aromatic amines is 1. The standard InChI is InChI=1S/C18H19N5O2/c1-10-3-4-12(18-20-11(2)9-25-18)7-15(10)21-17(24)16-13-8-19-6-5-14(13)22-23-16/h3-4,7,9,19H,5-6,8H2,1-2H3,(H,21,24)(H,22,23). The van der Waals surface area contributed by atoms with Crippen LogP contribution in [0, 0.1) is 13.8 Å². The summed E-state index contributed by atoms with van der Waals surface area (Å²) in [6.45, 7) is 5.37. The van der Waals surface area contributed by atoms with Crippen molar-refractivity contribution in [3.05, 3.63) is 52.7 Å². The number of rotatable bonds is 3. The van der Waals surface area contributed by atoms with Crippen LogP contribution < -0.4 is 10.6 Å². The van der Waals surface area contributed by atoms with Crippen molar-refractivity contribution in [2.75, 3.05) is 11.9 Å². The summed E-state index contributed by atoms with van der Waals surface area (Å²) in [5.41, 5.74) is 5.74. The first kappa shape index (κ1) is 15.6. The molecule has 3 heterocycles. The van der Waals surface area contributed by atoms with Crippen LogP contribution in [0.4, 0.5) is 5.69 Å². The molecule has 1 aliphatic rings. The number of nitrogens with zero attached hydrogens (tertiary/aromatic N) is 2. The summed E-state index contributed by atoms with van der Waals surface area (Å²) in [7, 11) is 0. The van der Waals surface area contributed by atoms with Crippen LogP contribution in [0.5, 0.6) is 0 Å². The lowest BCUT2D eigenvalue weighted by Crippen LogP contribution is -2.25. The molecule has 1 amide bonds. The van der Waals surface area contributed by atoms with Gasteiger partial charge in [-0.1, -0.05) is 6.07 Å². The van der Waals surface area contributed by atoms with Crippen LogP contribution in [0.2, 0.25) is 0 Å². The van der Waals surface area contributed by atoms with Gasteiger partial charge >= 0.3 is 0 Å². The Kier molecular flexibility index (Phi) is 3.85. The number of oxazole rings is 1. The molecule has 3 N–H and O–H groups in total. The number of benzene rings is 1. The van der Waals surface area contributed by atoms with E-state index in [0.717, 1.165) is 46.7 Å². The Morgan fingerprint density at radius 1 is 1.32 bits per heavy atom. The minimum absolute atomic E-state index is 0.218. The summed E-state index contributed by atoms with van der Waals surface area (Å²) >= 11 is 0. The van der Waals surface area contributed by atoms with Gasteiger partial charge in [-0.15, -0.1) is 0 Å². The fraction of sp³-hybridized carbons (Fsp3) is 0.278. The summed E-state index contributed by atoms with van der Waals surface area (Å²) in [6, 6.07) is 5.73. The number of H-pyrrole nitrogens is 1. The van der Waals surface area contributed by atoms with E-state index in [2.05, 4.69) is 25.8 Å². The summed E-state index contributed by atoms with van der Waals surface area (Å²) in [6.07, 6.45) is 2.46. The van der Waals surface area contributed by atoms with E-state index in [1.54, 1.807) is 6.26 Å². The van der Waals surface area contributed by atoms with Crippen molar-refractivity contribution in [3.63, 3.8) is 0 Å². The lowest BCUT2D eigenvalue weighted by Gasteiger charge is -2.13. The van der Waals surface area contributed by atoms with Crippen LogP contribution in [-0.2, 0) is 13.0 Å². The SMILES string of the molecule is Cc1coc(-c2ccc(C)c(NC(=O)c3n[nH]c4c3CNCC4)c2)n1. The zero-order chi connectivity index (χ0) is 17.4. The summed E-state index contributed by atoms with van der Waals surface area (Å²) in [5.74, 6) is 0.319. The molecule has 3 aromatic rings. The monoisotopic (exact) mass is 337 g/mol. The molecular weight excluding hydrogens is 318 g/mol. The molecular formula is C18H19N5O2. The first-order valence-electron chi connectivity index (χ1n) is 8.23. The Morgan fingerprint density at radius 3 is 3.00 bits per heavy atom. The van der Waals surface area contributed by atoms with Gasteiger partial charge in [0.2, 0.25) is 5.89 Å². The summed E-state index contributed by atoms with van der Waals surface area (Å²) < 4.78 is 5.45. The first-order chi connectivity index (χ1) is 12.1. The Balaban J connectivity index is 1.62. The van der Waals surface area contributed by atoms with Gasteiger partial charge in [-0.25, -0.2) is 4.98 Å². The Morgan fingerprint density at radius 2 is 2.20 bits per heavy atom. The van der Waals surface area contributed by atoms with E-state index in [0.29, 0.717) is 18.1 Å². The van der Waals surface area contributed by atoms with Crippen molar-refractivity contribution < 1.29 is 9.21 Å². The second kappa shape index (κ2) is 6.18. The second-order valence-corrected chi connectivity index (χ2v) is 6.23. The average molecular weight is 337 g/mol. The number of nitrogens with one attached hydrogen (secondary N) is 3. The molecule has 0 saturated carbocycles. The van der Waals surface area contributed by atoms with Crippen LogP contribution in [0.3, 0.4) is 0 Å². The predicted octanol–water partition coefficient (Wildman–Crippen LogP) is 2.58. The van der Waals surface area contributed by atoms with Gasteiger partial charge < -0.3 is 15.1 Å². The highest BCUT2D eigenvalue weighted by molar-refractivity contribution is 6.04. The minimum Gasteiger partial charge on any atom is -0.444 e. The highest BCUT2D eigenvalue weighted by Crippen LogP contribution is 2.26. The van der Waals surface area contributed by atoms with Gasteiger partial charge in [0.05, 0.1) is 5.69 Å². The highest BCUT2D eigenvalue weighted by atomic mass is 16.3. The number of hydrogen-bond acceptors (Lipinski definition) is 5. The number of aryl methyl sites for hydroxylation is 2. The third kappa shape index (κ3) is 2.94. The number of amides is 1. The summed E-state index contributed by atoms with van der Waals surface area (Å²) in [5, 5.41) is 13.4. The molecule has 128 valence electrons. The first-order valence-corrected chi connectivity index (χ1v) is 8.23. The molecule has 25 heavy (non-hydrogen) atoms. The molecule has 0 atom stereocenters. The molecule has 0 bridgehead atoms. The Hall–Kier alpha value is -2.93. The van der Waals surface area contributed by atoms with E-state index in [4.69, 9.17) is 4.42 Å². The normalized spacial score (nSPS) is 13.5. The van der Waals surface area contributed by atoms with Gasteiger partial charge in [-0.3, -0.25) is 9.89 Å². The third-order valence-electron chi connectivity index (χ3n) is 4.37. The average Bonchev–Trinajstić information content (AvgIpc) is 3.23. The van der Waals surface area contributed by atoms with Crippen molar-refractivity contribution in [2.45, 2.75) is 26.8 Å². The third-order valence-corrected chi connectivity index (χ3v) is 4.37. The number of anilines is 1. The van der Waals surface area contributed by atoms with Gasteiger partial charge in [0, 0.05) is 42.0 Å². The lowest BCUT2D eigenvalue weighted by atomic mass is 10.1.